The van der Waals surface area contributed by atoms with Crippen LogP contribution >= 0.6 is 12.4 Å². The molecule has 0 amide bonds. The highest BCUT2D eigenvalue weighted by atomic mass is 35.5. The minimum absolute atomic E-state index is 0. The van der Waals surface area contributed by atoms with Gasteiger partial charge in [-0.1, -0.05) is 31.2 Å². The van der Waals surface area contributed by atoms with Gasteiger partial charge in [-0.2, -0.15) is 0 Å². The van der Waals surface area contributed by atoms with Crippen LogP contribution in [0.5, 0.6) is 0 Å². The molecule has 4 heteroatoms. The Balaban J connectivity index is 0.00000289. The third kappa shape index (κ3) is 4.31. The Labute approximate surface area is 115 Å². The number of hydrogen-bond donors (Lipinski definition) is 1. The summed E-state index contributed by atoms with van der Waals surface area (Å²) in [7, 11) is 0. The molecule has 0 aliphatic carbocycles. The van der Waals surface area contributed by atoms with Gasteiger partial charge in [0.1, 0.15) is 12.1 Å². The fraction of sp³-hybridized carbons (Fsp3) is 0.500. The number of rotatable bonds is 4. The standard InChI is InChI=1S/C14H21NO2.ClH/c1-9-7-5-6-8-13(9)10(2)12(4)17-14(16)11(3)15;/h5-8,10-12H,15H2,1-4H3;1H/t10-,11+,12+;/m1./s1. The van der Waals surface area contributed by atoms with E-state index in [9.17, 15) is 4.79 Å². The fourth-order valence-electron chi connectivity index (χ4n) is 1.74. The van der Waals surface area contributed by atoms with E-state index in [1.54, 1.807) is 6.92 Å². The molecule has 3 nitrogen and oxygen atoms in total. The van der Waals surface area contributed by atoms with Crippen molar-refractivity contribution in [1.29, 1.82) is 0 Å². The molecule has 0 saturated carbocycles. The molecular formula is C14H22ClNO2. The molecule has 0 bridgehead atoms. The van der Waals surface area contributed by atoms with Crippen LogP contribution in [0.3, 0.4) is 0 Å². The Morgan fingerprint density at radius 1 is 1.22 bits per heavy atom. The van der Waals surface area contributed by atoms with Gasteiger partial charge in [0.25, 0.3) is 0 Å². The SMILES string of the molecule is Cc1ccccc1[C@H](C)[C@H](C)OC(=O)[C@H](C)N.Cl. The van der Waals surface area contributed by atoms with Gasteiger partial charge in [-0.05, 0) is 31.9 Å². The first-order valence-corrected chi connectivity index (χ1v) is 5.95. The van der Waals surface area contributed by atoms with E-state index < -0.39 is 6.04 Å². The molecule has 2 N–H and O–H groups in total. The Kier molecular flexibility index (Phi) is 6.96. The lowest BCUT2D eigenvalue weighted by Crippen LogP contribution is -2.33. The zero-order valence-electron chi connectivity index (χ0n) is 11.3. The van der Waals surface area contributed by atoms with Gasteiger partial charge in [0.05, 0.1) is 0 Å². The number of carbonyl (C=O) groups is 1. The first-order valence-electron chi connectivity index (χ1n) is 5.95. The van der Waals surface area contributed by atoms with Crippen LogP contribution in [0.2, 0.25) is 0 Å². The van der Waals surface area contributed by atoms with Crippen LogP contribution in [0.15, 0.2) is 24.3 Å². The maximum atomic E-state index is 11.4. The predicted molar refractivity (Wildman–Crippen MR) is 76.0 cm³/mol. The predicted octanol–water partition coefficient (Wildman–Crippen LogP) is 2.80. The molecule has 1 aromatic rings. The van der Waals surface area contributed by atoms with E-state index in [2.05, 4.69) is 26.0 Å². The molecule has 3 atom stereocenters. The van der Waals surface area contributed by atoms with Crippen molar-refractivity contribution in [3.8, 4) is 0 Å². The third-order valence-electron chi connectivity index (χ3n) is 3.06. The molecule has 0 aliphatic rings. The van der Waals surface area contributed by atoms with Crippen molar-refractivity contribution in [2.45, 2.75) is 45.8 Å². The average molecular weight is 272 g/mol. The molecule has 102 valence electrons. The summed E-state index contributed by atoms with van der Waals surface area (Å²) in [6.45, 7) is 7.65. The number of aryl methyl sites for hydroxylation is 1. The number of ether oxygens (including phenoxy) is 1. The van der Waals surface area contributed by atoms with E-state index in [1.165, 1.54) is 11.1 Å². The largest absolute Gasteiger partial charge is 0.461 e. The normalized spacial score (nSPS) is 15.2. The molecule has 0 spiro atoms. The van der Waals surface area contributed by atoms with Crippen molar-refractivity contribution in [2.24, 2.45) is 5.73 Å². The molecule has 18 heavy (non-hydrogen) atoms. The molecule has 0 aromatic heterocycles. The quantitative estimate of drug-likeness (QED) is 0.857. The summed E-state index contributed by atoms with van der Waals surface area (Å²) in [5.41, 5.74) is 7.90. The molecule has 0 radical (unpaired) electrons. The summed E-state index contributed by atoms with van der Waals surface area (Å²) in [6, 6.07) is 7.56. The Morgan fingerprint density at radius 2 is 1.78 bits per heavy atom. The van der Waals surface area contributed by atoms with Gasteiger partial charge in [-0.25, -0.2) is 0 Å². The van der Waals surface area contributed by atoms with Crippen LogP contribution in [-0.2, 0) is 9.53 Å². The second kappa shape index (κ2) is 7.39. The smallest absolute Gasteiger partial charge is 0.322 e. The van der Waals surface area contributed by atoms with Crippen LogP contribution in [0.1, 0.15) is 37.8 Å². The molecule has 0 saturated heterocycles. The number of hydrogen-bond acceptors (Lipinski definition) is 3. The van der Waals surface area contributed by atoms with Gasteiger partial charge in [0, 0.05) is 5.92 Å². The topological polar surface area (TPSA) is 52.3 Å². The van der Waals surface area contributed by atoms with Gasteiger partial charge in [-0.3, -0.25) is 4.79 Å². The molecule has 1 rings (SSSR count). The Bertz CT molecular complexity index is 393. The van der Waals surface area contributed by atoms with E-state index in [1.807, 2.05) is 19.1 Å². The van der Waals surface area contributed by atoms with Gasteiger partial charge in [0.15, 0.2) is 0 Å². The van der Waals surface area contributed by atoms with Crippen molar-refractivity contribution >= 4 is 18.4 Å². The van der Waals surface area contributed by atoms with E-state index >= 15 is 0 Å². The highest BCUT2D eigenvalue weighted by Crippen LogP contribution is 2.24. The third-order valence-corrected chi connectivity index (χ3v) is 3.06. The number of carbonyl (C=O) groups excluding carboxylic acids is 1. The molecule has 1 aromatic carbocycles. The molecule has 0 heterocycles. The zero-order valence-corrected chi connectivity index (χ0v) is 12.2. The lowest BCUT2D eigenvalue weighted by Gasteiger charge is -2.23. The van der Waals surface area contributed by atoms with Gasteiger partial charge < -0.3 is 10.5 Å². The number of halogens is 1. The zero-order chi connectivity index (χ0) is 13.0. The highest BCUT2D eigenvalue weighted by molar-refractivity contribution is 5.85. The van der Waals surface area contributed by atoms with Gasteiger partial charge in [-0.15, -0.1) is 12.4 Å². The average Bonchev–Trinajstić information content (AvgIpc) is 2.28. The molecular weight excluding hydrogens is 250 g/mol. The second-order valence-corrected chi connectivity index (χ2v) is 4.58. The summed E-state index contributed by atoms with van der Waals surface area (Å²) < 4.78 is 5.32. The Hall–Kier alpha value is -1.06. The lowest BCUT2D eigenvalue weighted by molar-refractivity contribution is -0.150. The monoisotopic (exact) mass is 271 g/mol. The molecule has 0 aliphatic heterocycles. The van der Waals surface area contributed by atoms with Crippen molar-refractivity contribution in [3.63, 3.8) is 0 Å². The maximum Gasteiger partial charge on any atom is 0.322 e. The first kappa shape index (κ1) is 16.9. The summed E-state index contributed by atoms with van der Waals surface area (Å²) >= 11 is 0. The molecule has 0 unspecified atom stereocenters. The molecule has 0 fully saturated rings. The van der Waals surface area contributed by atoms with E-state index in [0.717, 1.165) is 0 Å². The van der Waals surface area contributed by atoms with Gasteiger partial charge in [0.2, 0.25) is 0 Å². The van der Waals surface area contributed by atoms with Crippen molar-refractivity contribution in [3.05, 3.63) is 35.4 Å². The summed E-state index contributed by atoms with van der Waals surface area (Å²) in [5.74, 6) is -0.183. The van der Waals surface area contributed by atoms with Crippen LogP contribution < -0.4 is 5.73 Å². The lowest BCUT2D eigenvalue weighted by atomic mass is 9.92. The maximum absolute atomic E-state index is 11.4. The van der Waals surface area contributed by atoms with Crippen LogP contribution in [0.25, 0.3) is 0 Å². The second-order valence-electron chi connectivity index (χ2n) is 4.58. The van der Waals surface area contributed by atoms with Crippen molar-refractivity contribution in [1.82, 2.24) is 0 Å². The van der Waals surface area contributed by atoms with E-state index in [-0.39, 0.29) is 30.4 Å². The number of esters is 1. The van der Waals surface area contributed by atoms with Crippen LogP contribution in [0, 0.1) is 6.92 Å². The highest BCUT2D eigenvalue weighted by Gasteiger charge is 2.21. The first-order chi connectivity index (χ1) is 7.93. The minimum atomic E-state index is -0.568. The van der Waals surface area contributed by atoms with E-state index in [0.29, 0.717) is 0 Å². The van der Waals surface area contributed by atoms with Crippen LogP contribution in [0.4, 0.5) is 0 Å². The summed E-state index contributed by atoms with van der Waals surface area (Å²) in [5, 5.41) is 0. The summed E-state index contributed by atoms with van der Waals surface area (Å²) in [6.07, 6.45) is -0.172. The Morgan fingerprint density at radius 3 is 2.28 bits per heavy atom. The fourth-order valence-corrected chi connectivity index (χ4v) is 1.74. The van der Waals surface area contributed by atoms with Gasteiger partial charge >= 0.3 is 5.97 Å². The minimum Gasteiger partial charge on any atom is -0.461 e. The van der Waals surface area contributed by atoms with Crippen molar-refractivity contribution in [2.75, 3.05) is 0 Å². The number of nitrogens with two attached hydrogens (primary N) is 1. The number of benzene rings is 1. The van der Waals surface area contributed by atoms with Crippen LogP contribution in [-0.4, -0.2) is 18.1 Å². The van der Waals surface area contributed by atoms with E-state index in [4.69, 9.17) is 10.5 Å². The summed E-state index contributed by atoms with van der Waals surface area (Å²) in [4.78, 5) is 11.4. The van der Waals surface area contributed by atoms with Crippen molar-refractivity contribution < 1.29 is 9.53 Å².